The van der Waals surface area contributed by atoms with E-state index in [1.807, 2.05) is 24.3 Å². The van der Waals surface area contributed by atoms with Crippen molar-refractivity contribution in [1.29, 1.82) is 0 Å². The van der Waals surface area contributed by atoms with Crippen molar-refractivity contribution >= 4 is 27.3 Å². The van der Waals surface area contributed by atoms with Crippen LogP contribution in [0.4, 0.5) is 11.4 Å². The van der Waals surface area contributed by atoms with Crippen LogP contribution < -0.4 is 10.2 Å². The standard InChI is InChI=1S/C19H31N3O3S/c1-16(2)10-14-22(26(3,24)25)15-11-19(23)20-17-6-8-18(9-7-17)21-12-4-5-13-21/h6-9,16H,4-5,10-15H2,1-3H3,(H,20,23). The minimum Gasteiger partial charge on any atom is -0.372 e. The molecule has 1 N–H and O–H groups in total. The third-order valence-corrected chi connectivity index (χ3v) is 5.94. The Morgan fingerprint density at radius 1 is 1.15 bits per heavy atom. The Bertz CT molecular complexity index is 680. The van der Waals surface area contributed by atoms with Crippen molar-refractivity contribution in [3.8, 4) is 0 Å². The van der Waals surface area contributed by atoms with Gasteiger partial charge in [-0.15, -0.1) is 0 Å². The molecule has 146 valence electrons. The lowest BCUT2D eigenvalue weighted by atomic mass is 10.1. The third kappa shape index (κ3) is 6.61. The highest BCUT2D eigenvalue weighted by Crippen LogP contribution is 2.22. The first kappa shape index (κ1) is 20.7. The Morgan fingerprint density at radius 3 is 2.31 bits per heavy atom. The van der Waals surface area contributed by atoms with Crippen LogP contribution in [0, 0.1) is 5.92 Å². The first-order valence-electron chi connectivity index (χ1n) is 9.35. The number of nitrogens with zero attached hydrogens (tertiary/aromatic N) is 2. The molecule has 1 saturated heterocycles. The summed E-state index contributed by atoms with van der Waals surface area (Å²) in [6.45, 7) is 6.95. The lowest BCUT2D eigenvalue weighted by Crippen LogP contribution is -2.34. The van der Waals surface area contributed by atoms with Gasteiger partial charge in [-0.05, 0) is 49.4 Å². The van der Waals surface area contributed by atoms with Gasteiger partial charge >= 0.3 is 0 Å². The average Bonchev–Trinajstić information content (AvgIpc) is 3.08. The van der Waals surface area contributed by atoms with Crippen LogP contribution in [0.15, 0.2) is 24.3 Å². The summed E-state index contributed by atoms with van der Waals surface area (Å²) in [6.07, 6.45) is 4.59. The molecule has 26 heavy (non-hydrogen) atoms. The van der Waals surface area contributed by atoms with Gasteiger partial charge in [0.25, 0.3) is 0 Å². The molecule has 1 fully saturated rings. The molecule has 2 rings (SSSR count). The fraction of sp³-hybridized carbons (Fsp3) is 0.632. The van der Waals surface area contributed by atoms with E-state index in [4.69, 9.17) is 0 Å². The van der Waals surface area contributed by atoms with Crippen molar-refractivity contribution in [3.63, 3.8) is 0 Å². The molecule has 1 heterocycles. The van der Waals surface area contributed by atoms with E-state index in [0.29, 0.717) is 12.5 Å². The molecule has 1 aliphatic heterocycles. The Balaban J connectivity index is 1.84. The Kier molecular flexibility index (Phi) is 7.46. The highest BCUT2D eigenvalue weighted by Gasteiger charge is 2.18. The number of rotatable bonds is 9. The highest BCUT2D eigenvalue weighted by atomic mass is 32.2. The van der Waals surface area contributed by atoms with Gasteiger partial charge in [-0.3, -0.25) is 4.79 Å². The lowest BCUT2D eigenvalue weighted by Gasteiger charge is -2.20. The number of benzene rings is 1. The number of amides is 1. The minimum absolute atomic E-state index is 0.152. The van der Waals surface area contributed by atoms with Crippen LogP contribution >= 0.6 is 0 Å². The van der Waals surface area contributed by atoms with Crippen molar-refractivity contribution in [3.05, 3.63) is 24.3 Å². The second-order valence-electron chi connectivity index (χ2n) is 7.38. The van der Waals surface area contributed by atoms with E-state index in [9.17, 15) is 13.2 Å². The van der Waals surface area contributed by atoms with Crippen molar-refractivity contribution < 1.29 is 13.2 Å². The number of carbonyl (C=O) groups is 1. The molecule has 6 nitrogen and oxygen atoms in total. The summed E-state index contributed by atoms with van der Waals surface area (Å²) in [7, 11) is -3.30. The molecule has 0 aromatic heterocycles. The first-order chi connectivity index (χ1) is 12.3. The predicted octanol–water partition coefficient (Wildman–Crippen LogP) is 2.92. The molecule has 0 radical (unpaired) electrons. The van der Waals surface area contributed by atoms with E-state index < -0.39 is 10.0 Å². The SMILES string of the molecule is CC(C)CCN(CCC(=O)Nc1ccc(N2CCCC2)cc1)S(C)(=O)=O. The van der Waals surface area contributed by atoms with Gasteiger partial charge in [0.05, 0.1) is 6.26 Å². The van der Waals surface area contributed by atoms with Crippen LogP contribution in [0.5, 0.6) is 0 Å². The zero-order valence-electron chi connectivity index (χ0n) is 16.1. The van der Waals surface area contributed by atoms with E-state index in [0.717, 1.165) is 25.2 Å². The topological polar surface area (TPSA) is 69.7 Å². The number of carbonyl (C=O) groups excluding carboxylic acids is 1. The van der Waals surface area contributed by atoms with Gasteiger partial charge in [0.2, 0.25) is 15.9 Å². The maximum atomic E-state index is 12.2. The quantitative estimate of drug-likeness (QED) is 0.714. The van der Waals surface area contributed by atoms with Crippen molar-refractivity contribution in [1.82, 2.24) is 4.31 Å². The number of sulfonamides is 1. The smallest absolute Gasteiger partial charge is 0.225 e. The maximum Gasteiger partial charge on any atom is 0.225 e. The number of nitrogens with one attached hydrogen (secondary N) is 1. The highest BCUT2D eigenvalue weighted by molar-refractivity contribution is 7.88. The van der Waals surface area contributed by atoms with Gasteiger partial charge in [0.1, 0.15) is 0 Å². The molecule has 0 atom stereocenters. The molecule has 0 unspecified atom stereocenters. The van der Waals surface area contributed by atoms with Gasteiger partial charge < -0.3 is 10.2 Å². The van der Waals surface area contributed by atoms with Gasteiger partial charge in [0, 0.05) is 44.0 Å². The number of hydrogen-bond acceptors (Lipinski definition) is 4. The van der Waals surface area contributed by atoms with E-state index in [-0.39, 0.29) is 18.9 Å². The second-order valence-corrected chi connectivity index (χ2v) is 9.37. The second kappa shape index (κ2) is 9.37. The lowest BCUT2D eigenvalue weighted by molar-refractivity contribution is -0.116. The molecule has 0 spiro atoms. The summed E-state index contributed by atoms with van der Waals surface area (Å²) in [6, 6.07) is 7.84. The fourth-order valence-electron chi connectivity index (χ4n) is 3.03. The summed E-state index contributed by atoms with van der Waals surface area (Å²) < 4.78 is 25.1. The molecule has 7 heteroatoms. The predicted molar refractivity (Wildman–Crippen MR) is 107 cm³/mol. The third-order valence-electron chi connectivity index (χ3n) is 4.64. The monoisotopic (exact) mass is 381 g/mol. The van der Waals surface area contributed by atoms with Crippen molar-refractivity contribution in [2.75, 3.05) is 42.7 Å². The summed E-state index contributed by atoms with van der Waals surface area (Å²) in [4.78, 5) is 14.5. The molecule has 0 aliphatic carbocycles. The van der Waals surface area contributed by atoms with E-state index in [1.165, 1.54) is 29.1 Å². The van der Waals surface area contributed by atoms with Crippen LogP contribution in [0.25, 0.3) is 0 Å². The molecule has 0 saturated carbocycles. The minimum atomic E-state index is -3.30. The molecule has 1 aromatic rings. The van der Waals surface area contributed by atoms with Crippen LogP contribution in [0.3, 0.4) is 0 Å². The molecular formula is C19H31N3O3S. The Morgan fingerprint density at radius 2 is 1.77 bits per heavy atom. The molecular weight excluding hydrogens is 350 g/mol. The van der Waals surface area contributed by atoms with Gasteiger partial charge in [-0.1, -0.05) is 13.8 Å². The van der Waals surface area contributed by atoms with Gasteiger partial charge in [0.15, 0.2) is 0 Å². The zero-order chi connectivity index (χ0) is 19.2. The Labute approximate surface area is 157 Å². The zero-order valence-corrected chi connectivity index (χ0v) is 16.9. The maximum absolute atomic E-state index is 12.2. The normalized spacial score (nSPS) is 15.0. The molecule has 1 aliphatic rings. The summed E-state index contributed by atoms with van der Waals surface area (Å²) in [5.41, 5.74) is 1.92. The van der Waals surface area contributed by atoms with Gasteiger partial charge in [-0.25, -0.2) is 12.7 Å². The van der Waals surface area contributed by atoms with Crippen LogP contribution in [-0.2, 0) is 14.8 Å². The fourth-order valence-corrected chi connectivity index (χ4v) is 3.89. The first-order valence-corrected chi connectivity index (χ1v) is 11.2. The Hall–Kier alpha value is -1.60. The van der Waals surface area contributed by atoms with Crippen molar-refractivity contribution in [2.24, 2.45) is 5.92 Å². The number of hydrogen-bond donors (Lipinski definition) is 1. The number of anilines is 2. The van der Waals surface area contributed by atoms with Crippen LogP contribution in [-0.4, -0.2) is 51.1 Å². The van der Waals surface area contributed by atoms with Crippen LogP contribution in [0.1, 0.15) is 39.5 Å². The van der Waals surface area contributed by atoms with E-state index in [2.05, 4.69) is 24.1 Å². The summed E-state index contributed by atoms with van der Waals surface area (Å²) in [5, 5.41) is 2.85. The molecule has 0 bridgehead atoms. The summed E-state index contributed by atoms with van der Waals surface area (Å²) in [5.74, 6) is 0.249. The average molecular weight is 382 g/mol. The van der Waals surface area contributed by atoms with E-state index >= 15 is 0 Å². The van der Waals surface area contributed by atoms with Gasteiger partial charge in [-0.2, -0.15) is 0 Å². The summed E-state index contributed by atoms with van der Waals surface area (Å²) >= 11 is 0. The van der Waals surface area contributed by atoms with Crippen molar-refractivity contribution in [2.45, 2.75) is 39.5 Å². The van der Waals surface area contributed by atoms with Crippen LogP contribution in [0.2, 0.25) is 0 Å². The van der Waals surface area contributed by atoms with E-state index in [1.54, 1.807) is 0 Å². The molecule has 1 amide bonds. The largest absolute Gasteiger partial charge is 0.372 e. The molecule has 1 aromatic carbocycles.